The summed E-state index contributed by atoms with van der Waals surface area (Å²) in [6.07, 6.45) is 1.60. The van der Waals surface area contributed by atoms with Crippen molar-refractivity contribution < 1.29 is 14.4 Å². The number of hydrogen-bond acceptors (Lipinski definition) is 3. The molecule has 0 saturated carbocycles. The Hall–Kier alpha value is -1.89. The molecule has 0 aliphatic carbocycles. The minimum Gasteiger partial charge on any atom is -0.355 e. The van der Waals surface area contributed by atoms with Gasteiger partial charge in [0.05, 0.1) is 0 Å². The van der Waals surface area contributed by atoms with Crippen LogP contribution in [-0.4, -0.2) is 61.3 Å². The molecule has 0 unspecified atom stereocenters. The van der Waals surface area contributed by atoms with Gasteiger partial charge >= 0.3 is 0 Å². The largest absolute Gasteiger partial charge is 0.355 e. The Morgan fingerprint density at radius 2 is 1.76 bits per heavy atom. The molecule has 7 heteroatoms. The number of carbonyl (C=O) groups excluding carboxylic acids is 3. The fourth-order valence-corrected chi connectivity index (χ4v) is 3.04. The quantitative estimate of drug-likeness (QED) is 0.806. The van der Waals surface area contributed by atoms with Crippen molar-refractivity contribution in [1.82, 2.24) is 15.1 Å². The lowest BCUT2D eigenvalue weighted by atomic mass is 9.95. The molecule has 3 amide bonds. The summed E-state index contributed by atoms with van der Waals surface area (Å²) >= 11 is 3.36. The van der Waals surface area contributed by atoms with E-state index in [0.29, 0.717) is 44.5 Å². The maximum Gasteiger partial charge on any atom is 0.253 e. The molecule has 6 nitrogen and oxygen atoms in total. The van der Waals surface area contributed by atoms with E-state index in [1.54, 1.807) is 31.1 Å². The maximum atomic E-state index is 12.5. The highest BCUT2D eigenvalue weighted by Crippen LogP contribution is 2.20. The number of benzene rings is 1. The normalized spacial score (nSPS) is 14.9. The minimum absolute atomic E-state index is 0.00272. The molecule has 1 fully saturated rings. The van der Waals surface area contributed by atoms with Crippen LogP contribution in [0.25, 0.3) is 0 Å². The van der Waals surface area contributed by atoms with Crippen LogP contribution >= 0.6 is 15.9 Å². The number of carbonyl (C=O) groups is 3. The van der Waals surface area contributed by atoms with E-state index in [9.17, 15) is 14.4 Å². The van der Waals surface area contributed by atoms with Crippen LogP contribution < -0.4 is 5.32 Å². The first kappa shape index (κ1) is 19.4. The number of halogens is 1. The first-order chi connectivity index (χ1) is 11.9. The van der Waals surface area contributed by atoms with Gasteiger partial charge in [-0.3, -0.25) is 14.4 Å². The molecule has 0 spiro atoms. The fourth-order valence-electron chi connectivity index (χ4n) is 2.78. The second kappa shape index (κ2) is 8.99. The first-order valence-corrected chi connectivity index (χ1v) is 9.20. The zero-order chi connectivity index (χ0) is 18.4. The lowest BCUT2D eigenvalue weighted by molar-refractivity contribution is -0.129. The molecule has 1 aromatic rings. The van der Waals surface area contributed by atoms with Gasteiger partial charge in [-0.1, -0.05) is 15.9 Å². The van der Waals surface area contributed by atoms with E-state index in [1.165, 1.54) is 4.90 Å². The first-order valence-electron chi connectivity index (χ1n) is 8.41. The Balaban J connectivity index is 1.77. The van der Waals surface area contributed by atoms with Crippen molar-refractivity contribution in [1.29, 1.82) is 0 Å². The Labute approximate surface area is 156 Å². The number of piperidine rings is 1. The summed E-state index contributed by atoms with van der Waals surface area (Å²) in [5.74, 6) is -0.121. The average Bonchev–Trinajstić information content (AvgIpc) is 2.61. The van der Waals surface area contributed by atoms with E-state index >= 15 is 0 Å². The second-order valence-corrected chi connectivity index (χ2v) is 7.32. The summed E-state index contributed by atoms with van der Waals surface area (Å²) in [5.41, 5.74) is 0.660. The number of rotatable bonds is 5. The van der Waals surface area contributed by atoms with Gasteiger partial charge in [0.1, 0.15) is 0 Å². The molecule has 2 rings (SSSR count). The number of nitrogens with zero attached hydrogens (tertiary/aromatic N) is 2. The average molecular weight is 410 g/mol. The van der Waals surface area contributed by atoms with E-state index in [0.717, 1.165) is 4.47 Å². The van der Waals surface area contributed by atoms with Crippen LogP contribution in [0.15, 0.2) is 28.7 Å². The molecule has 1 aromatic carbocycles. The van der Waals surface area contributed by atoms with Crippen LogP contribution in [0.3, 0.4) is 0 Å². The van der Waals surface area contributed by atoms with Crippen molar-refractivity contribution in [3.63, 3.8) is 0 Å². The topological polar surface area (TPSA) is 69.7 Å². The van der Waals surface area contributed by atoms with E-state index in [-0.39, 0.29) is 23.6 Å². The van der Waals surface area contributed by atoms with E-state index in [2.05, 4.69) is 21.2 Å². The van der Waals surface area contributed by atoms with Crippen LogP contribution in [0.2, 0.25) is 0 Å². The van der Waals surface area contributed by atoms with Gasteiger partial charge in [-0.25, -0.2) is 0 Å². The Kier molecular flexibility index (Phi) is 6.99. The third kappa shape index (κ3) is 5.56. The van der Waals surface area contributed by atoms with Gasteiger partial charge < -0.3 is 15.1 Å². The summed E-state index contributed by atoms with van der Waals surface area (Å²) in [6, 6.07) is 7.30. The SMILES string of the molecule is CN(C)C(=O)CCNC(=O)C1CCN(C(=O)c2ccc(Br)cc2)CC1. The Bertz CT molecular complexity index is 623. The predicted octanol–water partition coefficient (Wildman–Crippen LogP) is 1.90. The smallest absolute Gasteiger partial charge is 0.253 e. The molecule has 1 saturated heterocycles. The summed E-state index contributed by atoms with van der Waals surface area (Å²) in [5, 5.41) is 2.83. The van der Waals surface area contributed by atoms with E-state index in [4.69, 9.17) is 0 Å². The molecule has 1 N–H and O–H groups in total. The fraction of sp³-hybridized carbons (Fsp3) is 0.500. The monoisotopic (exact) mass is 409 g/mol. The van der Waals surface area contributed by atoms with Crippen LogP contribution in [0.1, 0.15) is 29.6 Å². The number of nitrogens with one attached hydrogen (secondary N) is 1. The molecular weight excluding hydrogens is 386 g/mol. The van der Waals surface area contributed by atoms with Crippen molar-refractivity contribution in [3.05, 3.63) is 34.3 Å². The molecule has 1 heterocycles. The minimum atomic E-state index is -0.0941. The predicted molar refractivity (Wildman–Crippen MR) is 99.1 cm³/mol. The highest BCUT2D eigenvalue weighted by Gasteiger charge is 2.27. The van der Waals surface area contributed by atoms with Crippen LogP contribution in [-0.2, 0) is 9.59 Å². The van der Waals surface area contributed by atoms with Crippen LogP contribution in [0.5, 0.6) is 0 Å². The van der Waals surface area contributed by atoms with E-state index < -0.39 is 0 Å². The zero-order valence-electron chi connectivity index (χ0n) is 14.6. The summed E-state index contributed by atoms with van der Waals surface area (Å²) in [4.78, 5) is 39.5. The molecular formula is C18H24BrN3O3. The molecule has 0 aromatic heterocycles. The molecule has 0 atom stereocenters. The van der Waals surface area contributed by atoms with Crippen molar-refractivity contribution in [2.24, 2.45) is 5.92 Å². The Morgan fingerprint density at radius 3 is 2.32 bits per heavy atom. The number of hydrogen-bond donors (Lipinski definition) is 1. The number of likely N-dealkylation sites (tertiary alicyclic amines) is 1. The third-order valence-corrected chi connectivity index (χ3v) is 4.91. The van der Waals surface area contributed by atoms with Gasteiger partial charge in [0.25, 0.3) is 5.91 Å². The van der Waals surface area contributed by atoms with E-state index in [1.807, 2.05) is 12.1 Å². The summed E-state index contributed by atoms with van der Waals surface area (Å²) in [7, 11) is 3.39. The lowest BCUT2D eigenvalue weighted by Crippen LogP contribution is -2.43. The molecule has 136 valence electrons. The standard InChI is InChI=1S/C18H24BrN3O3/c1-21(2)16(23)7-10-20-17(24)13-8-11-22(12-9-13)18(25)14-3-5-15(19)6-4-14/h3-6,13H,7-12H2,1-2H3,(H,20,24). The van der Waals surface area contributed by atoms with Gasteiger partial charge in [-0.15, -0.1) is 0 Å². The Morgan fingerprint density at radius 1 is 1.16 bits per heavy atom. The second-order valence-electron chi connectivity index (χ2n) is 6.40. The van der Waals surface area contributed by atoms with Crippen molar-refractivity contribution in [2.45, 2.75) is 19.3 Å². The highest BCUT2D eigenvalue weighted by atomic mass is 79.9. The molecule has 25 heavy (non-hydrogen) atoms. The number of amides is 3. The van der Waals surface area contributed by atoms with Crippen molar-refractivity contribution in [3.8, 4) is 0 Å². The highest BCUT2D eigenvalue weighted by molar-refractivity contribution is 9.10. The molecule has 0 radical (unpaired) electrons. The maximum absolute atomic E-state index is 12.5. The molecule has 1 aliphatic rings. The lowest BCUT2D eigenvalue weighted by Gasteiger charge is -2.31. The van der Waals surface area contributed by atoms with Crippen molar-refractivity contribution >= 4 is 33.7 Å². The summed E-state index contributed by atoms with van der Waals surface area (Å²) in [6.45, 7) is 1.50. The van der Waals surface area contributed by atoms with Gasteiger partial charge in [-0.2, -0.15) is 0 Å². The zero-order valence-corrected chi connectivity index (χ0v) is 16.2. The van der Waals surface area contributed by atoms with Gasteiger partial charge in [0.15, 0.2) is 0 Å². The third-order valence-electron chi connectivity index (χ3n) is 4.38. The van der Waals surface area contributed by atoms with Crippen molar-refractivity contribution in [2.75, 3.05) is 33.7 Å². The summed E-state index contributed by atoms with van der Waals surface area (Å²) < 4.78 is 0.937. The molecule has 1 aliphatic heterocycles. The molecule has 0 bridgehead atoms. The van der Waals surface area contributed by atoms with Crippen LogP contribution in [0, 0.1) is 5.92 Å². The van der Waals surface area contributed by atoms with Gasteiger partial charge in [0, 0.05) is 56.1 Å². The van der Waals surface area contributed by atoms with Gasteiger partial charge in [-0.05, 0) is 37.1 Å². The van der Waals surface area contributed by atoms with Crippen LogP contribution in [0.4, 0.5) is 0 Å². The van der Waals surface area contributed by atoms with Gasteiger partial charge in [0.2, 0.25) is 11.8 Å².